The Bertz CT molecular complexity index is 1140. The van der Waals surface area contributed by atoms with Crippen LogP contribution in [-0.4, -0.2) is 31.5 Å². The summed E-state index contributed by atoms with van der Waals surface area (Å²) in [7, 11) is 3.43. The molecule has 0 aliphatic rings. The Morgan fingerprint density at radius 1 is 1.23 bits per heavy atom. The second kappa shape index (κ2) is 6.44. The van der Waals surface area contributed by atoms with Gasteiger partial charge in [0.05, 0.1) is 24.2 Å². The van der Waals surface area contributed by atoms with Gasteiger partial charge in [-0.15, -0.1) is 0 Å². The van der Waals surface area contributed by atoms with Crippen LogP contribution in [0.3, 0.4) is 0 Å². The number of ether oxygens (including phenoxy) is 1. The normalized spacial score (nSPS) is 11.3. The lowest BCUT2D eigenvalue weighted by Crippen LogP contribution is -2.14. The minimum absolute atomic E-state index is 0.202. The molecule has 1 N–H and O–H groups in total. The Kier molecular flexibility index (Phi) is 4.10. The Morgan fingerprint density at radius 3 is 2.65 bits per heavy atom. The molecule has 7 nitrogen and oxygen atoms in total. The van der Waals surface area contributed by atoms with Gasteiger partial charge in [0.25, 0.3) is 5.56 Å². The number of methoxy groups -OCH3 is 1. The van der Waals surface area contributed by atoms with E-state index in [9.17, 15) is 4.79 Å². The minimum Gasteiger partial charge on any atom is -0.378 e. The summed E-state index contributed by atoms with van der Waals surface area (Å²) in [5.41, 5.74) is 4.16. The van der Waals surface area contributed by atoms with E-state index in [2.05, 4.69) is 10.2 Å². The van der Waals surface area contributed by atoms with Gasteiger partial charge in [-0.1, -0.05) is 23.7 Å². The summed E-state index contributed by atoms with van der Waals surface area (Å²) >= 11 is 6.01. The molecule has 1 aromatic carbocycles. The number of hydrogen-bond donors (Lipinski definition) is 1. The molecule has 0 bridgehead atoms. The van der Waals surface area contributed by atoms with Gasteiger partial charge in [-0.25, -0.2) is 9.50 Å². The predicted molar refractivity (Wildman–Crippen MR) is 99.2 cm³/mol. The quantitative estimate of drug-likeness (QED) is 0.600. The van der Waals surface area contributed by atoms with Gasteiger partial charge >= 0.3 is 0 Å². The predicted octanol–water partition coefficient (Wildman–Crippen LogP) is 2.89. The van der Waals surface area contributed by atoms with Crippen molar-refractivity contribution in [1.82, 2.24) is 24.4 Å². The topological polar surface area (TPSA) is 77.2 Å². The lowest BCUT2D eigenvalue weighted by atomic mass is 10.1. The van der Waals surface area contributed by atoms with E-state index in [0.29, 0.717) is 23.0 Å². The fraction of sp³-hybridized carbons (Fsp3) is 0.167. The molecule has 0 saturated carbocycles. The molecule has 0 spiro atoms. The Balaban J connectivity index is 2.00. The zero-order valence-electron chi connectivity index (χ0n) is 14.2. The third-order valence-corrected chi connectivity index (χ3v) is 4.37. The monoisotopic (exact) mass is 369 g/mol. The van der Waals surface area contributed by atoms with Crippen LogP contribution in [-0.2, 0) is 18.4 Å². The van der Waals surface area contributed by atoms with E-state index >= 15 is 0 Å². The summed E-state index contributed by atoms with van der Waals surface area (Å²) in [6.07, 6.45) is 3.51. The van der Waals surface area contributed by atoms with E-state index in [0.717, 1.165) is 22.4 Å². The number of hydrogen-bond acceptors (Lipinski definition) is 4. The van der Waals surface area contributed by atoms with Crippen LogP contribution in [0.4, 0.5) is 0 Å². The van der Waals surface area contributed by atoms with Gasteiger partial charge in [0.1, 0.15) is 0 Å². The summed E-state index contributed by atoms with van der Waals surface area (Å²) < 4.78 is 8.39. The van der Waals surface area contributed by atoms with Crippen LogP contribution in [0, 0.1) is 0 Å². The lowest BCUT2D eigenvalue weighted by Gasteiger charge is -2.04. The third-order valence-electron chi connectivity index (χ3n) is 4.11. The van der Waals surface area contributed by atoms with Crippen molar-refractivity contribution in [2.45, 2.75) is 6.61 Å². The molecule has 0 radical (unpaired) electrons. The molecule has 0 saturated heterocycles. The van der Waals surface area contributed by atoms with Crippen LogP contribution in [0.25, 0.3) is 28.0 Å². The standard InChI is InChI=1S/C18H16ClN5O2/c1-23-9-12(8-20-23)14-7-16(25)24-18(21-14)17(15(22-24)10-26-2)11-3-5-13(19)6-4-11/h3-9,22H,10H2,1-2H3. The summed E-state index contributed by atoms with van der Waals surface area (Å²) in [6, 6.07) is 8.89. The van der Waals surface area contributed by atoms with Gasteiger partial charge in [0.15, 0.2) is 5.65 Å². The van der Waals surface area contributed by atoms with E-state index in [4.69, 9.17) is 21.3 Å². The van der Waals surface area contributed by atoms with Crippen molar-refractivity contribution in [3.05, 3.63) is 63.8 Å². The molecule has 0 aliphatic carbocycles. The average Bonchev–Trinajstić information content (AvgIpc) is 3.20. The number of aromatic amines is 1. The number of aromatic nitrogens is 5. The molecule has 3 aromatic heterocycles. The first-order valence-corrected chi connectivity index (χ1v) is 8.33. The van der Waals surface area contributed by atoms with Crippen molar-refractivity contribution in [3.63, 3.8) is 0 Å². The molecule has 0 unspecified atom stereocenters. The summed E-state index contributed by atoms with van der Waals surface area (Å²) in [5, 5.41) is 7.89. The molecule has 132 valence electrons. The maximum atomic E-state index is 12.6. The second-order valence-electron chi connectivity index (χ2n) is 5.95. The number of nitrogens with one attached hydrogen (secondary N) is 1. The SMILES string of the molecule is COCc1[nH]n2c(=O)cc(-c3cnn(C)c3)nc2c1-c1ccc(Cl)cc1. The molecule has 8 heteroatoms. The third kappa shape index (κ3) is 2.81. The Morgan fingerprint density at radius 2 is 2.00 bits per heavy atom. The highest BCUT2D eigenvalue weighted by Gasteiger charge is 2.18. The highest BCUT2D eigenvalue weighted by molar-refractivity contribution is 6.30. The molecular weight excluding hydrogens is 354 g/mol. The van der Waals surface area contributed by atoms with Crippen molar-refractivity contribution in [3.8, 4) is 22.4 Å². The number of halogens is 1. The van der Waals surface area contributed by atoms with Crippen molar-refractivity contribution >= 4 is 17.2 Å². The fourth-order valence-corrected chi connectivity index (χ4v) is 3.08. The number of benzene rings is 1. The smallest absolute Gasteiger partial charge is 0.273 e. The fourth-order valence-electron chi connectivity index (χ4n) is 2.95. The van der Waals surface area contributed by atoms with Crippen molar-refractivity contribution in [2.24, 2.45) is 7.05 Å². The maximum absolute atomic E-state index is 12.6. The molecule has 4 rings (SSSR count). The van der Waals surface area contributed by atoms with E-state index in [-0.39, 0.29) is 5.56 Å². The first-order valence-electron chi connectivity index (χ1n) is 7.95. The van der Waals surface area contributed by atoms with Gasteiger partial charge < -0.3 is 4.74 Å². The molecule has 3 heterocycles. The highest BCUT2D eigenvalue weighted by Crippen LogP contribution is 2.29. The zero-order chi connectivity index (χ0) is 18.3. The molecule has 0 aliphatic heterocycles. The van der Waals surface area contributed by atoms with Crippen LogP contribution >= 0.6 is 11.6 Å². The van der Waals surface area contributed by atoms with E-state index in [1.54, 1.807) is 30.1 Å². The van der Waals surface area contributed by atoms with Crippen LogP contribution in [0.15, 0.2) is 47.5 Å². The van der Waals surface area contributed by atoms with Gasteiger partial charge in [-0.05, 0) is 17.7 Å². The molecule has 26 heavy (non-hydrogen) atoms. The average molecular weight is 370 g/mol. The van der Waals surface area contributed by atoms with Gasteiger partial charge in [-0.2, -0.15) is 5.10 Å². The number of nitrogens with zero attached hydrogens (tertiary/aromatic N) is 4. The first kappa shape index (κ1) is 16.6. The lowest BCUT2D eigenvalue weighted by molar-refractivity contribution is 0.181. The highest BCUT2D eigenvalue weighted by atomic mass is 35.5. The summed E-state index contributed by atoms with van der Waals surface area (Å²) in [6.45, 7) is 0.322. The van der Waals surface area contributed by atoms with Gasteiger partial charge in [0, 0.05) is 42.6 Å². The van der Waals surface area contributed by atoms with Crippen LogP contribution in [0.5, 0.6) is 0 Å². The number of aryl methyl sites for hydroxylation is 1. The molecule has 4 aromatic rings. The molecule has 0 amide bonds. The zero-order valence-corrected chi connectivity index (χ0v) is 15.0. The van der Waals surface area contributed by atoms with E-state index < -0.39 is 0 Å². The van der Waals surface area contributed by atoms with Crippen LogP contribution in [0.2, 0.25) is 5.02 Å². The van der Waals surface area contributed by atoms with Crippen molar-refractivity contribution in [2.75, 3.05) is 7.11 Å². The first-order chi connectivity index (χ1) is 12.6. The van der Waals surface area contributed by atoms with Crippen LogP contribution < -0.4 is 5.56 Å². The Labute approximate surface area is 153 Å². The number of H-pyrrole nitrogens is 1. The Hall–Kier alpha value is -2.90. The summed E-state index contributed by atoms with van der Waals surface area (Å²) in [4.78, 5) is 17.3. The summed E-state index contributed by atoms with van der Waals surface area (Å²) in [5.74, 6) is 0. The van der Waals surface area contributed by atoms with E-state index in [1.165, 1.54) is 10.6 Å². The molecular formula is C18H16ClN5O2. The molecule has 0 fully saturated rings. The van der Waals surface area contributed by atoms with Gasteiger partial charge in [0.2, 0.25) is 0 Å². The van der Waals surface area contributed by atoms with Crippen molar-refractivity contribution in [1.29, 1.82) is 0 Å². The molecule has 0 atom stereocenters. The largest absolute Gasteiger partial charge is 0.378 e. The van der Waals surface area contributed by atoms with Crippen molar-refractivity contribution < 1.29 is 4.74 Å². The van der Waals surface area contributed by atoms with Crippen LogP contribution in [0.1, 0.15) is 5.69 Å². The maximum Gasteiger partial charge on any atom is 0.273 e. The minimum atomic E-state index is -0.202. The number of fused-ring (bicyclic) bond motifs is 1. The van der Waals surface area contributed by atoms with Gasteiger partial charge in [-0.3, -0.25) is 14.6 Å². The second-order valence-corrected chi connectivity index (χ2v) is 6.38. The van der Waals surface area contributed by atoms with E-state index in [1.807, 2.05) is 25.4 Å². The number of rotatable bonds is 4.